The number of hydrogen-bond donors (Lipinski definition) is 0. The molecule has 0 radical (unpaired) electrons. The van der Waals surface area contributed by atoms with Gasteiger partial charge >= 0.3 is 0 Å². The Bertz CT molecular complexity index is 107. The summed E-state index contributed by atoms with van der Waals surface area (Å²) in [6.07, 6.45) is 5.82. The van der Waals surface area contributed by atoms with Crippen LogP contribution in [0.2, 0.25) is 0 Å². The van der Waals surface area contributed by atoms with Crippen LogP contribution in [0.4, 0.5) is 0 Å². The summed E-state index contributed by atoms with van der Waals surface area (Å²) in [5, 5.41) is 0. The highest BCUT2D eigenvalue weighted by Crippen LogP contribution is 2.05. The molecule has 0 aromatic carbocycles. The molecule has 1 aliphatic rings. The third-order valence-electron chi connectivity index (χ3n) is 1.74. The lowest BCUT2D eigenvalue weighted by molar-refractivity contribution is 0.322. The third kappa shape index (κ3) is 5.02. The molecule has 1 aliphatic heterocycles. The van der Waals surface area contributed by atoms with Crippen LogP contribution in [-0.2, 0) is 0 Å². The summed E-state index contributed by atoms with van der Waals surface area (Å²) in [5.74, 6) is 0.748. The van der Waals surface area contributed by atoms with Crippen molar-refractivity contribution < 1.29 is 0 Å². The normalized spacial score (nSPS) is 25.3. The van der Waals surface area contributed by atoms with E-state index in [1.54, 1.807) is 0 Å². The van der Waals surface area contributed by atoms with Crippen molar-refractivity contribution in [2.45, 2.75) is 27.2 Å². The molecule has 0 aliphatic carbocycles. The van der Waals surface area contributed by atoms with Crippen LogP contribution in [-0.4, -0.2) is 25.0 Å². The van der Waals surface area contributed by atoms with Gasteiger partial charge in [0.1, 0.15) is 0 Å². The standard InChI is InChI=1S/C8H15N.C2H6/c1-8-5-3-4-6-9(2)7-8;1-2/h3,5,8H,4,6-7H2,1-2H3;1-2H3. The fourth-order valence-corrected chi connectivity index (χ4v) is 1.27. The molecular weight excluding hydrogens is 134 g/mol. The van der Waals surface area contributed by atoms with Crippen molar-refractivity contribution in [1.29, 1.82) is 0 Å². The van der Waals surface area contributed by atoms with E-state index in [-0.39, 0.29) is 0 Å². The van der Waals surface area contributed by atoms with Crippen molar-refractivity contribution in [3.05, 3.63) is 12.2 Å². The average Bonchev–Trinajstić information content (AvgIpc) is 2.18. The highest BCUT2D eigenvalue weighted by molar-refractivity contribution is 4.90. The molecule has 1 unspecified atom stereocenters. The van der Waals surface area contributed by atoms with Gasteiger partial charge in [-0.25, -0.2) is 0 Å². The summed E-state index contributed by atoms with van der Waals surface area (Å²) in [6, 6.07) is 0. The van der Waals surface area contributed by atoms with Gasteiger partial charge in [0, 0.05) is 13.1 Å². The second-order valence-corrected chi connectivity index (χ2v) is 2.96. The minimum atomic E-state index is 0.748. The first kappa shape index (κ1) is 10.7. The van der Waals surface area contributed by atoms with E-state index in [9.17, 15) is 0 Å². The van der Waals surface area contributed by atoms with E-state index in [0.29, 0.717) is 0 Å². The molecule has 0 fully saturated rings. The molecule has 11 heavy (non-hydrogen) atoms. The summed E-state index contributed by atoms with van der Waals surface area (Å²) < 4.78 is 0. The highest BCUT2D eigenvalue weighted by Gasteiger charge is 2.04. The largest absolute Gasteiger partial charge is 0.305 e. The second-order valence-electron chi connectivity index (χ2n) is 2.96. The number of nitrogens with zero attached hydrogens (tertiary/aromatic N) is 1. The summed E-state index contributed by atoms with van der Waals surface area (Å²) in [7, 11) is 2.18. The van der Waals surface area contributed by atoms with Crippen LogP contribution in [0.1, 0.15) is 27.2 Å². The zero-order valence-corrected chi connectivity index (χ0v) is 8.30. The molecule has 1 heterocycles. The van der Waals surface area contributed by atoms with Crippen molar-refractivity contribution in [3.63, 3.8) is 0 Å². The molecule has 0 amide bonds. The summed E-state index contributed by atoms with van der Waals surface area (Å²) in [5.41, 5.74) is 0. The Morgan fingerprint density at radius 2 is 2.00 bits per heavy atom. The Labute approximate surface area is 71.1 Å². The maximum absolute atomic E-state index is 2.38. The zero-order valence-electron chi connectivity index (χ0n) is 8.30. The van der Waals surface area contributed by atoms with E-state index in [1.807, 2.05) is 13.8 Å². The molecule has 1 heteroatoms. The van der Waals surface area contributed by atoms with Crippen LogP contribution in [0.5, 0.6) is 0 Å². The van der Waals surface area contributed by atoms with Gasteiger partial charge < -0.3 is 4.90 Å². The van der Waals surface area contributed by atoms with Gasteiger partial charge in [0.2, 0.25) is 0 Å². The fraction of sp³-hybridized carbons (Fsp3) is 0.800. The van der Waals surface area contributed by atoms with Crippen molar-refractivity contribution in [2.75, 3.05) is 20.1 Å². The summed E-state index contributed by atoms with van der Waals surface area (Å²) >= 11 is 0. The molecule has 0 saturated heterocycles. The minimum Gasteiger partial charge on any atom is -0.305 e. The van der Waals surface area contributed by atoms with Crippen molar-refractivity contribution in [2.24, 2.45) is 5.92 Å². The molecular formula is C10H21N. The van der Waals surface area contributed by atoms with Crippen molar-refractivity contribution in [1.82, 2.24) is 4.90 Å². The quantitative estimate of drug-likeness (QED) is 0.486. The maximum atomic E-state index is 2.38. The van der Waals surface area contributed by atoms with Crippen molar-refractivity contribution >= 4 is 0 Å². The van der Waals surface area contributed by atoms with E-state index >= 15 is 0 Å². The molecule has 0 saturated carbocycles. The predicted octanol–water partition coefficient (Wildman–Crippen LogP) is 2.54. The van der Waals surface area contributed by atoms with Gasteiger partial charge in [-0.15, -0.1) is 0 Å². The lowest BCUT2D eigenvalue weighted by Gasteiger charge is -2.14. The van der Waals surface area contributed by atoms with Gasteiger partial charge in [0.05, 0.1) is 0 Å². The van der Waals surface area contributed by atoms with Gasteiger partial charge in [-0.1, -0.05) is 32.9 Å². The van der Waals surface area contributed by atoms with Gasteiger partial charge in [-0.2, -0.15) is 0 Å². The van der Waals surface area contributed by atoms with E-state index in [2.05, 4.69) is 31.0 Å². The monoisotopic (exact) mass is 155 g/mol. The van der Waals surface area contributed by atoms with E-state index in [4.69, 9.17) is 0 Å². The molecule has 0 N–H and O–H groups in total. The Morgan fingerprint density at radius 3 is 2.64 bits per heavy atom. The van der Waals surface area contributed by atoms with Crippen LogP contribution in [0.15, 0.2) is 12.2 Å². The second kappa shape index (κ2) is 6.41. The molecule has 0 spiro atoms. The smallest absolute Gasteiger partial charge is 0.00387 e. The maximum Gasteiger partial charge on any atom is 0.00387 e. The Kier molecular flexibility index (Phi) is 6.24. The van der Waals surface area contributed by atoms with Crippen LogP contribution in [0, 0.1) is 5.92 Å². The van der Waals surface area contributed by atoms with E-state index < -0.39 is 0 Å². The van der Waals surface area contributed by atoms with Crippen molar-refractivity contribution in [3.8, 4) is 0 Å². The molecule has 1 atom stereocenters. The highest BCUT2D eigenvalue weighted by atomic mass is 15.1. The molecule has 0 aromatic rings. The zero-order chi connectivity index (χ0) is 8.69. The average molecular weight is 155 g/mol. The fourth-order valence-electron chi connectivity index (χ4n) is 1.27. The Balaban J connectivity index is 0.000000461. The SMILES string of the molecule is CC.CC1C=CCCN(C)C1. The first-order chi connectivity index (χ1) is 5.29. The first-order valence-corrected chi connectivity index (χ1v) is 4.64. The van der Waals surface area contributed by atoms with Gasteiger partial charge in [-0.05, 0) is 19.4 Å². The van der Waals surface area contributed by atoms with Crippen LogP contribution in [0.25, 0.3) is 0 Å². The van der Waals surface area contributed by atoms with Gasteiger partial charge in [0.25, 0.3) is 0 Å². The van der Waals surface area contributed by atoms with E-state index in [0.717, 1.165) is 5.92 Å². The van der Waals surface area contributed by atoms with Gasteiger partial charge in [0.15, 0.2) is 0 Å². The third-order valence-corrected chi connectivity index (χ3v) is 1.74. The predicted molar refractivity (Wildman–Crippen MR) is 51.8 cm³/mol. The minimum absolute atomic E-state index is 0.748. The van der Waals surface area contributed by atoms with Gasteiger partial charge in [-0.3, -0.25) is 0 Å². The summed E-state index contributed by atoms with van der Waals surface area (Å²) in [4.78, 5) is 2.38. The lowest BCUT2D eigenvalue weighted by Crippen LogP contribution is -2.22. The Hall–Kier alpha value is -0.300. The molecule has 1 rings (SSSR count). The van der Waals surface area contributed by atoms with Crippen LogP contribution >= 0.6 is 0 Å². The molecule has 0 bridgehead atoms. The number of hydrogen-bond acceptors (Lipinski definition) is 1. The summed E-state index contributed by atoms with van der Waals surface area (Å²) in [6.45, 7) is 8.70. The van der Waals surface area contributed by atoms with Crippen LogP contribution < -0.4 is 0 Å². The molecule has 1 nitrogen and oxygen atoms in total. The van der Waals surface area contributed by atoms with E-state index in [1.165, 1.54) is 19.5 Å². The number of rotatable bonds is 0. The molecule has 0 aromatic heterocycles. The lowest BCUT2D eigenvalue weighted by atomic mass is 10.2. The molecule has 66 valence electrons. The first-order valence-electron chi connectivity index (χ1n) is 4.64. The topological polar surface area (TPSA) is 3.24 Å². The van der Waals surface area contributed by atoms with Crippen LogP contribution in [0.3, 0.4) is 0 Å². The Morgan fingerprint density at radius 1 is 1.36 bits per heavy atom.